The molecule has 0 bridgehead atoms. The second-order valence-corrected chi connectivity index (χ2v) is 6.61. The van der Waals surface area contributed by atoms with E-state index in [2.05, 4.69) is 15.4 Å². The monoisotopic (exact) mass is 343 g/mol. The Morgan fingerprint density at radius 1 is 1.32 bits per heavy atom. The summed E-state index contributed by atoms with van der Waals surface area (Å²) in [5, 5.41) is 5.36. The molecule has 0 radical (unpaired) electrons. The second kappa shape index (κ2) is 6.71. The number of carbonyl (C=O) groups is 1. The van der Waals surface area contributed by atoms with Crippen LogP contribution in [0.5, 0.6) is 0 Å². The van der Waals surface area contributed by atoms with Crippen molar-refractivity contribution in [3.63, 3.8) is 0 Å². The average Bonchev–Trinajstić information content (AvgIpc) is 2.91. The number of anilines is 2. The number of hydrogen-bond donors (Lipinski definition) is 3. The van der Waals surface area contributed by atoms with Crippen molar-refractivity contribution in [1.82, 2.24) is 5.32 Å². The Hall–Kier alpha value is -2.19. The van der Waals surface area contributed by atoms with Gasteiger partial charge in [-0.25, -0.2) is 13.2 Å². The highest BCUT2D eigenvalue weighted by Crippen LogP contribution is 2.26. The van der Waals surface area contributed by atoms with Crippen LogP contribution in [0.4, 0.5) is 16.2 Å². The van der Waals surface area contributed by atoms with Gasteiger partial charge in [0.25, 0.3) is 0 Å². The summed E-state index contributed by atoms with van der Waals surface area (Å²) in [6.07, 6.45) is 2.54. The standard InChI is InChI=1S/C13H14ClN3O4S/c1-22(19,20)17-12-5-4-9(7-11(12)14)16-13(18)15-8-10-3-2-6-21-10/h2-7,17H,8H2,1H3,(H2,15,16,18). The molecule has 0 saturated carbocycles. The summed E-state index contributed by atoms with van der Waals surface area (Å²) in [5.74, 6) is 0.626. The Labute approximate surface area is 132 Å². The molecule has 7 nitrogen and oxygen atoms in total. The number of furan rings is 1. The lowest BCUT2D eigenvalue weighted by Gasteiger charge is -2.10. The van der Waals surface area contributed by atoms with Gasteiger partial charge < -0.3 is 15.1 Å². The number of hydrogen-bond acceptors (Lipinski definition) is 4. The van der Waals surface area contributed by atoms with Crippen molar-refractivity contribution in [1.29, 1.82) is 0 Å². The highest BCUT2D eigenvalue weighted by molar-refractivity contribution is 7.92. The molecule has 0 saturated heterocycles. The molecule has 1 aromatic heterocycles. The topological polar surface area (TPSA) is 100 Å². The average molecular weight is 344 g/mol. The lowest BCUT2D eigenvalue weighted by atomic mass is 10.3. The van der Waals surface area contributed by atoms with Crippen LogP contribution in [0.1, 0.15) is 5.76 Å². The molecule has 0 fully saturated rings. The maximum atomic E-state index is 11.7. The van der Waals surface area contributed by atoms with Gasteiger partial charge in [0.15, 0.2) is 0 Å². The zero-order valence-electron chi connectivity index (χ0n) is 11.6. The maximum absolute atomic E-state index is 11.7. The van der Waals surface area contributed by atoms with Crippen molar-refractivity contribution in [3.05, 3.63) is 47.4 Å². The normalized spacial score (nSPS) is 11.0. The van der Waals surface area contributed by atoms with Crippen LogP contribution in [-0.4, -0.2) is 20.7 Å². The minimum absolute atomic E-state index is 0.175. The quantitative estimate of drug-likeness (QED) is 0.776. The van der Waals surface area contributed by atoms with Gasteiger partial charge in [-0.15, -0.1) is 0 Å². The highest BCUT2D eigenvalue weighted by atomic mass is 35.5. The molecule has 22 heavy (non-hydrogen) atoms. The number of urea groups is 1. The van der Waals surface area contributed by atoms with Gasteiger partial charge >= 0.3 is 6.03 Å². The van der Waals surface area contributed by atoms with Crippen LogP contribution >= 0.6 is 11.6 Å². The predicted octanol–water partition coefficient (Wildman–Crippen LogP) is 2.63. The zero-order chi connectivity index (χ0) is 16.2. The molecule has 2 rings (SSSR count). The molecular formula is C13H14ClN3O4S. The third-order valence-corrected chi connectivity index (χ3v) is 3.43. The van der Waals surface area contributed by atoms with Gasteiger partial charge in [0.2, 0.25) is 10.0 Å². The Morgan fingerprint density at radius 3 is 2.68 bits per heavy atom. The number of halogens is 1. The fourth-order valence-corrected chi connectivity index (χ4v) is 2.49. The molecule has 118 valence electrons. The summed E-state index contributed by atoms with van der Waals surface area (Å²) >= 11 is 5.96. The minimum atomic E-state index is -3.41. The van der Waals surface area contributed by atoms with Crippen molar-refractivity contribution < 1.29 is 17.6 Å². The molecule has 0 aliphatic heterocycles. The van der Waals surface area contributed by atoms with E-state index in [0.29, 0.717) is 11.4 Å². The maximum Gasteiger partial charge on any atom is 0.319 e. The lowest BCUT2D eigenvalue weighted by Crippen LogP contribution is -2.28. The number of amides is 2. The van der Waals surface area contributed by atoms with Gasteiger partial charge in [0, 0.05) is 5.69 Å². The van der Waals surface area contributed by atoms with E-state index in [0.717, 1.165) is 6.26 Å². The van der Waals surface area contributed by atoms with Crippen LogP contribution in [0.25, 0.3) is 0 Å². The lowest BCUT2D eigenvalue weighted by molar-refractivity contribution is 0.251. The van der Waals surface area contributed by atoms with E-state index >= 15 is 0 Å². The first-order valence-electron chi connectivity index (χ1n) is 6.18. The molecule has 2 aromatic rings. The van der Waals surface area contributed by atoms with Gasteiger partial charge in [-0.05, 0) is 30.3 Å². The molecule has 0 aliphatic carbocycles. The van der Waals surface area contributed by atoms with Crippen LogP contribution in [0.15, 0.2) is 41.0 Å². The molecule has 0 spiro atoms. The van der Waals surface area contributed by atoms with Crippen LogP contribution in [0, 0.1) is 0 Å². The molecule has 1 heterocycles. The van der Waals surface area contributed by atoms with Gasteiger partial charge in [0.05, 0.1) is 29.8 Å². The first-order valence-corrected chi connectivity index (χ1v) is 8.45. The molecule has 9 heteroatoms. The van der Waals surface area contributed by atoms with Crippen LogP contribution in [-0.2, 0) is 16.6 Å². The third-order valence-electron chi connectivity index (χ3n) is 2.53. The summed E-state index contributed by atoms with van der Waals surface area (Å²) in [6.45, 7) is 0.250. The number of benzene rings is 1. The van der Waals surface area contributed by atoms with Crippen molar-refractivity contribution >= 4 is 39.0 Å². The fraction of sp³-hybridized carbons (Fsp3) is 0.154. The summed E-state index contributed by atoms with van der Waals surface area (Å²) in [5.41, 5.74) is 0.673. The Balaban J connectivity index is 1.95. The predicted molar refractivity (Wildman–Crippen MR) is 84.5 cm³/mol. The second-order valence-electron chi connectivity index (χ2n) is 4.46. The van der Waals surface area contributed by atoms with Gasteiger partial charge in [0.1, 0.15) is 5.76 Å². The van der Waals surface area contributed by atoms with E-state index in [-0.39, 0.29) is 17.3 Å². The Morgan fingerprint density at radius 2 is 2.09 bits per heavy atom. The summed E-state index contributed by atoms with van der Waals surface area (Å²) in [6, 6.07) is 7.47. The van der Waals surface area contributed by atoms with E-state index in [4.69, 9.17) is 16.0 Å². The molecular weight excluding hydrogens is 330 g/mol. The first kappa shape index (κ1) is 16.2. The molecule has 0 atom stereocenters. The van der Waals surface area contributed by atoms with E-state index < -0.39 is 16.1 Å². The van der Waals surface area contributed by atoms with Crippen molar-refractivity contribution in [2.75, 3.05) is 16.3 Å². The summed E-state index contributed by atoms with van der Waals surface area (Å²) < 4.78 is 29.7. The first-order chi connectivity index (χ1) is 10.3. The van der Waals surface area contributed by atoms with Gasteiger partial charge in [-0.1, -0.05) is 11.6 Å². The Bertz CT molecular complexity index is 760. The minimum Gasteiger partial charge on any atom is -0.467 e. The van der Waals surface area contributed by atoms with E-state index in [9.17, 15) is 13.2 Å². The van der Waals surface area contributed by atoms with E-state index in [1.807, 2.05) is 0 Å². The summed E-state index contributed by atoms with van der Waals surface area (Å²) in [4.78, 5) is 11.7. The van der Waals surface area contributed by atoms with Crippen LogP contribution < -0.4 is 15.4 Å². The van der Waals surface area contributed by atoms with Gasteiger partial charge in [-0.3, -0.25) is 4.72 Å². The molecule has 0 aliphatic rings. The number of carbonyl (C=O) groups excluding carboxylic acids is 1. The number of nitrogens with one attached hydrogen (secondary N) is 3. The number of sulfonamides is 1. The number of rotatable bonds is 5. The highest BCUT2D eigenvalue weighted by Gasteiger charge is 2.08. The largest absolute Gasteiger partial charge is 0.467 e. The van der Waals surface area contributed by atoms with Crippen molar-refractivity contribution in [2.45, 2.75) is 6.54 Å². The van der Waals surface area contributed by atoms with Crippen molar-refractivity contribution in [2.24, 2.45) is 0 Å². The molecule has 0 unspecified atom stereocenters. The third kappa shape index (κ3) is 4.97. The van der Waals surface area contributed by atoms with Crippen LogP contribution in [0.2, 0.25) is 5.02 Å². The molecule has 3 N–H and O–H groups in total. The van der Waals surface area contributed by atoms with Crippen molar-refractivity contribution in [3.8, 4) is 0 Å². The van der Waals surface area contributed by atoms with Gasteiger partial charge in [-0.2, -0.15) is 0 Å². The molecule has 2 amide bonds. The fourth-order valence-electron chi connectivity index (χ4n) is 1.63. The Kier molecular flexibility index (Phi) is 4.94. The molecule has 1 aromatic carbocycles. The summed E-state index contributed by atoms with van der Waals surface area (Å²) in [7, 11) is -3.41. The smallest absolute Gasteiger partial charge is 0.319 e. The SMILES string of the molecule is CS(=O)(=O)Nc1ccc(NC(=O)NCc2ccco2)cc1Cl. The zero-order valence-corrected chi connectivity index (χ0v) is 13.2. The van der Waals surface area contributed by atoms with E-state index in [1.165, 1.54) is 24.5 Å². The van der Waals surface area contributed by atoms with E-state index in [1.54, 1.807) is 12.1 Å². The van der Waals surface area contributed by atoms with Crippen LogP contribution in [0.3, 0.4) is 0 Å².